The van der Waals surface area contributed by atoms with Gasteiger partial charge < -0.3 is 5.32 Å². The average Bonchev–Trinajstić information content (AvgIpc) is 2.37. The Bertz CT molecular complexity index is 640. The SMILES string of the molecule is O=C(Nc1cccc(Cl)c1)c1ccccc1C(F)(F)F. The first kappa shape index (κ1) is 14.4. The van der Waals surface area contributed by atoms with Crippen molar-refractivity contribution in [3.63, 3.8) is 0 Å². The third-order valence-corrected chi connectivity index (χ3v) is 2.79. The van der Waals surface area contributed by atoms with Gasteiger partial charge in [0.2, 0.25) is 0 Å². The van der Waals surface area contributed by atoms with Crippen molar-refractivity contribution in [1.29, 1.82) is 0 Å². The van der Waals surface area contributed by atoms with E-state index in [4.69, 9.17) is 11.6 Å². The lowest BCUT2D eigenvalue weighted by Gasteiger charge is -2.12. The normalized spacial score (nSPS) is 11.2. The Morgan fingerprint density at radius 3 is 2.40 bits per heavy atom. The van der Waals surface area contributed by atoms with E-state index in [9.17, 15) is 18.0 Å². The van der Waals surface area contributed by atoms with E-state index in [0.717, 1.165) is 12.1 Å². The summed E-state index contributed by atoms with van der Waals surface area (Å²) in [7, 11) is 0. The molecule has 1 N–H and O–H groups in total. The maximum absolute atomic E-state index is 12.8. The molecule has 2 aromatic carbocycles. The first-order valence-electron chi connectivity index (χ1n) is 5.61. The van der Waals surface area contributed by atoms with Gasteiger partial charge in [-0.1, -0.05) is 29.8 Å². The number of halogens is 4. The fourth-order valence-electron chi connectivity index (χ4n) is 1.69. The molecule has 0 bridgehead atoms. The Morgan fingerprint density at radius 1 is 1.05 bits per heavy atom. The van der Waals surface area contributed by atoms with Crippen LogP contribution in [0.1, 0.15) is 15.9 Å². The van der Waals surface area contributed by atoms with Crippen LogP contribution in [0.4, 0.5) is 18.9 Å². The summed E-state index contributed by atoms with van der Waals surface area (Å²) in [6, 6.07) is 10.8. The predicted octanol–water partition coefficient (Wildman–Crippen LogP) is 4.61. The highest BCUT2D eigenvalue weighted by Gasteiger charge is 2.34. The van der Waals surface area contributed by atoms with Crippen molar-refractivity contribution < 1.29 is 18.0 Å². The zero-order valence-electron chi connectivity index (χ0n) is 10.0. The topological polar surface area (TPSA) is 29.1 Å². The monoisotopic (exact) mass is 299 g/mol. The maximum Gasteiger partial charge on any atom is 0.417 e. The number of carbonyl (C=O) groups excluding carboxylic acids is 1. The molecular formula is C14H9ClF3NO. The van der Waals surface area contributed by atoms with E-state index in [1.165, 1.54) is 18.2 Å². The second-order valence-electron chi connectivity index (χ2n) is 4.01. The highest BCUT2D eigenvalue weighted by molar-refractivity contribution is 6.31. The van der Waals surface area contributed by atoms with Crippen molar-refractivity contribution in [2.24, 2.45) is 0 Å². The van der Waals surface area contributed by atoms with E-state index in [2.05, 4.69) is 5.32 Å². The Kier molecular flexibility index (Phi) is 3.99. The molecule has 0 aliphatic carbocycles. The first-order valence-corrected chi connectivity index (χ1v) is 5.99. The zero-order chi connectivity index (χ0) is 14.8. The molecule has 0 radical (unpaired) electrons. The summed E-state index contributed by atoms with van der Waals surface area (Å²) in [5.74, 6) is -0.833. The van der Waals surface area contributed by atoms with Crippen LogP contribution in [0, 0.1) is 0 Å². The number of amides is 1. The van der Waals surface area contributed by atoms with Crippen LogP contribution in [0.15, 0.2) is 48.5 Å². The molecule has 0 aliphatic heterocycles. The Hall–Kier alpha value is -2.01. The summed E-state index contributed by atoms with van der Waals surface area (Å²) in [6.07, 6.45) is -4.58. The molecule has 2 aromatic rings. The third-order valence-electron chi connectivity index (χ3n) is 2.56. The number of rotatable bonds is 2. The van der Waals surface area contributed by atoms with Gasteiger partial charge in [0.15, 0.2) is 0 Å². The lowest BCUT2D eigenvalue weighted by molar-refractivity contribution is -0.137. The lowest BCUT2D eigenvalue weighted by atomic mass is 10.1. The number of nitrogens with one attached hydrogen (secondary N) is 1. The first-order chi connectivity index (χ1) is 9.38. The standard InChI is InChI=1S/C14H9ClF3NO/c15-9-4-3-5-10(8-9)19-13(20)11-6-1-2-7-12(11)14(16,17)18/h1-8H,(H,19,20). The number of carbonyl (C=O) groups is 1. The number of alkyl halides is 3. The van der Waals surface area contributed by atoms with Crippen LogP contribution in [0.5, 0.6) is 0 Å². The van der Waals surface area contributed by atoms with Crippen molar-refractivity contribution in [2.45, 2.75) is 6.18 Å². The summed E-state index contributed by atoms with van der Waals surface area (Å²) in [4.78, 5) is 11.9. The summed E-state index contributed by atoms with van der Waals surface area (Å²) in [5, 5.41) is 2.77. The van der Waals surface area contributed by atoms with Crippen LogP contribution in [0.2, 0.25) is 5.02 Å². The number of anilines is 1. The van der Waals surface area contributed by atoms with Gasteiger partial charge >= 0.3 is 6.18 Å². The lowest BCUT2D eigenvalue weighted by Crippen LogP contribution is -2.18. The van der Waals surface area contributed by atoms with Gasteiger partial charge in [0.1, 0.15) is 0 Å². The van der Waals surface area contributed by atoms with Gasteiger partial charge in [-0.05, 0) is 30.3 Å². The van der Waals surface area contributed by atoms with Gasteiger partial charge in [0.05, 0.1) is 11.1 Å². The molecule has 20 heavy (non-hydrogen) atoms. The minimum Gasteiger partial charge on any atom is -0.322 e. The summed E-state index contributed by atoms with van der Waals surface area (Å²) in [5.41, 5.74) is -1.07. The van der Waals surface area contributed by atoms with Crippen LogP contribution >= 0.6 is 11.6 Å². The van der Waals surface area contributed by atoms with E-state index in [-0.39, 0.29) is 0 Å². The molecule has 0 aromatic heterocycles. The second kappa shape index (κ2) is 5.54. The van der Waals surface area contributed by atoms with E-state index < -0.39 is 23.2 Å². The van der Waals surface area contributed by atoms with E-state index >= 15 is 0 Å². The van der Waals surface area contributed by atoms with Crippen molar-refractivity contribution >= 4 is 23.2 Å². The number of hydrogen-bond acceptors (Lipinski definition) is 1. The molecule has 0 unspecified atom stereocenters. The van der Waals surface area contributed by atoms with E-state index in [1.807, 2.05) is 0 Å². The van der Waals surface area contributed by atoms with Crippen molar-refractivity contribution in [3.8, 4) is 0 Å². The quantitative estimate of drug-likeness (QED) is 0.862. The van der Waals surface area contributed by atoms with Gasteiger partial charge in [0, 0.05) is 10.7 Å². The third kappa shape index (κ3) is 3.30. The summed E-state index contributed by atoms with van der Waals surface area (Å²) >= 11 is 5.75. The van der Waals surface area contributed by atoms with Gasteiger partial charge in [-0.3, -0.25) is 4.79 Å². The highest BCUT2D eigenvalue weighted by atomic mass is 35.5. The van der Waals surface area contributed by atoms with Crippen molar-refractivity contribution in [2.75, 3.05) is 5.32 Å². The molecule has 1 amide bonds. The van der Waals surface area contributed by atoms with Gasteiger partial charge in [-0.2, -0.15) is 13.2 Å². The van der Waals surface area contributed by atoms with Crippen LogP contribution in [-0.2, 0) is 6.18 Å². The molecule has 0 saturated carbocycles. The van der Waals surface area contributed by atoms with Crippen molar-refractivity contribution in [1.82, 2.24) is 0 Å². The van der Waals surface area contributed by atoms with E-state index in [1.54, 1.807) is 18.2 Å². The maximum atomic E-state index is 12.8. The molecule has 0 heterocycles. The molecule has 0 atom stereocenters. The van der Waals surface area contributed by atoms with Gasteiger partial charge in [-0.15, -0.1) is 0 Å². The smallest absolute Gasteiger partial charge is 0.322 e. The minimum atomic E-state index is -4.58. The Labute approximate surface area is 118 Å². The van der Waals surface area contributed by atoms with Crippen LogP contribution in [0.25, 0.3) is 0 Å². The molecule has 104 valence electrons. The van der Waals surface area contributed by atoms with Crippen LogP contribution in [0.3, 0.4) is 0 Å². The molecule has 6 heteroatoms. The van der Waals surface area contributed by atoms with Gasteiger partial charge in [-0.25, -0.2) is 0 Å². The zero-order valence-corrected chi connectivity index (χ0v) is 10.8. The molecule has 0 aliphatic rings. The molecule has 0 fully saturated rings. The average molecular weight is 300 g/mol. The van der Waals surface area contributed by atoms with Crippen LogP contribution < -0.4 is 5.32 Å². The molecule has 0 saturated heterocycles. The van der Waals surface area contributed by atoms with Gasteiger partial charge in [0.25, 0.3) is 5.91 Å². The van der Waals surface area contributed by atoms with Crippen molar-refractivity contribution in [3.05, 3.63) is 64.7 Å². The Morgan fingerprint density at radius 2 is 1.75 bits per heavy atom. The molecule has 2 nitrogen and oxygen atoms in total. The summed E-state index contributed by atoms with van der Waals surface area (Å²) < 4.78 is 38.4. The number of hydrogen-bond donors (Lipinski definition) is 1. The highest BCUT2D eigenvalue weighted by Crippen LogP contribution is 2.32. The largest absolute Gasteiger partial charge is 0.417 e. The fourth-order valence-corrected chi connectivity index (χ4v) is 1.88. The second-order valence-corrected chi connectivity index (χ2v) is 4.44. The minimum absolute atomic E-state index is 0.333. The molecule has 2 rings (SSSR count). The predicted molar refractivity (Wildman–Crippen MR) is 70.8 cm³/mol. The molecule has 0 spiro atoms. The number of benzene rings is 2. The Balaban J connectivity index is 2.31. The summed E-state index contributed by atoms with van der Waals surface area (Å²) in [6.45, 7) is 0. The van der Waals surface area contributed by atoms with E-state index in [0.29, 0.717) is 10.7 Å². The van der Waals surface area contributed by atoms with Crippen LogP contribution in [-0.4, -0.2) is 5.91 Å². The fraction of sp³-hybridized carbons (Fsp3) is 0.0714. The molecular weight excluding hydrogens is 291 g/mol.